The molecule has 0 aliphatic rings. The number of nitrogens with zero attached hydrogens (tertiary/aromatic N) is 4. The first-order valence-corrected chi connectivity index (χ1v) is 8.20. The van der Waals surface area contributed by atoms with Gasteiger partial charge >= 0.3 is 6.03 Å². The number of benzene rings is 1. The van der Waals surface area contributed by atoms with Gasteiger partial charge in [-0.15, -0.1) is 11.3 Å². The Morgan fingerprint density at radius 3 is 3.13 bits per heavy atom. The fourth-order valence-corrected chi connectivity index (χ4v) is 2.77. The van der Waals surface area contributed by atoms with Crippen molar-refractivity contribution in [2.24, 2.45) is 0 Å². The van der Waals surface area contributed by atoms with Crippen LogP contribution >= 0.6 is 11.3 Å². The van der Waals surface area contributed by atoms with Gasteiger partial charge in [0.05, 0.1) is 15.7 Å². The minimum absolute atomic E-state index is 0.241. The summed E-state index contributed by atoms with van der Waals surface area (Å²) in [6.45, 7) is 2.32. The lowest BCUT2D eigenvalue weighted by Gasteiger charge is -2.15. The van der Waals surface area contributed by atoms with Crippen LogP contribution in [0.5, 0.6) is 0 Å². The number of hydrogen-bond acceptors (Lipinski definition) is 6. The lowest BCUT2D eigenvalue weighted by atomic mass is 10.3. The van der Waals surface area contributed by atoms with Gasteiger partial charge in [-0.25, -0.2) is 9.78 Å². The molecular formula is C15H17N5O2S. The smallest absolute Gasteiger partial charge is 0.322 e. The summed E-state index contributed by atoms with van der Waals surface area (Å²) in [7, 11) is 1.68. The molecule has 0 spiro atoms. The van der Waals surface area contributed by atoms with Crippen molar-refractivity contribution < 1.29 is 9.32 Å². The van der Waals surface area contributed by atoms with Crippen LogP contribution in [0, 0.1) is 0 Å². The van der Waals surface area contributed by atoms with E-state index in [9.17, 15) is 4.79 Å². The SMILES string of the molecule is CCCc1noc(CN(C)C(=O)Nc2ccc3scnc3c2)n1. The molecule has 0 saturated heterocycles. The molecule has 0 unspecified atom stereocenters. The number of rotatable bonds is 5. The van der Waals surface area contributed by atoms with E-state index in [1.54, 1.807) is 23.9 Å². The number of urea groups is 1. The highest BCUT2D eigenvalue weighted by atomic mass is 32.1. The largest absolute Gasteiger partial charge is 0.337 e. The number of thiazole rings is 1. The average molecular weight is 331 g/mol. The predicted octanol–water partition coefficient (Wildman–Crippen LogP) is 3.30. The molecule has 7 nitrogen and oxygen atoms in total. The fourth-order valence-electron chi connectivity index (χ4n) is 2.11. The Labute approximate surface area is 137 Å². The fraction of sp³-hybridized carbons (Fsp3) is 0.333. The van der Waals surface area contributed by atoms with Gasteiger partial charge in [0, 0.05) is 19.2 Å². The molecule has 0 bridgehead atoms. The molecule has 0 atom stereocenters. The molecule has 120 valence electrons. The number of carbonyl (C=O) groups is 1. The minimum Gasteiger partial charge on any atom is -0.337 e. The highest BCUT2D eigenvalue weighted by Gasteiger charge is 2.14. The van der Waals surface area contributed by atoms with Gasteiger partial charge in [0.2, 0.25) is 5.89 Å². The number of carbonyl (C=O) groups excluding carboxylic acids is 1. The molecule has 0 fully saturated rings. The van der Waals surface area contributed by atoms with Crippen LogP contribution in [-0.4, -0.2) is 33.1 Å². The lowest BCUT2D eigenvalue weighted by molar-refractivity contribution is 0.213. The average Bonchev–Trinajstić information content (AvgIpc) is 3.16. The van der Waals surface area contributed by atoms with E-state index in [0.717, 1.165) is 23.1 Å². The zero-order chi connectivity index (χ0) is 16.2. The maximum Gasteiger partial charge on any atom is 0.322 e. The van der Waals surface area contributed by atoms with Crippen LogP contribution in [0.4, 0.5) is 10.5 Å². The van der Waals surface area contributed by atoms with Crippen LogP contribution in [-0.2, 0) is 13.0 Å². The third-order valence-electron chi connectivity index (χ3n) is 3.28. The second-order valence-electron chi connectivity index (χ2n) is 5.18. The van der Waals surface area contributed by atoms with E-state index in [4.69, 9.17) is 4.52 Å². The number of fused-ring (bicyclic) bond motifs is 1. The third kappa shape index (κ3) is 3.65. The van der Waals surface area contributed by atoms with Gasteiger partial charge in [0.1, 0.15) is 6.54 Å². The molecule has 2 amide bonds. The second kappa shape index (κ2) is 6.74. The Hall–Kier alpha value is -2.48. The quantitative estimate of drug-likeness (QED) is 0.775. The summed E-state index contributed by atoms with van der Waals surface area (Å²) in [6.07, 6.45) is 1.72. The van der Waals surface area contributed by atoms with Crippen molar-refractivity contribution in [3.63, 3.8) is 0 Å². The van der Waals surface area contributed by atoms with Gasteiger partial charge in [0.15, 0.2) is 5.82 Å². The zero-order valence-corrected chi connectivity index (χ0v) is 13.8. The standard InChI is InChI=1S/C15H17N5O2S/c1-3-4-13-18-14(22-19-13)8-20(2)15(21)17-10-5-6-12-11(7-10)16-9-23-12/h5-7,9H,3-4,8H2,1-2H3,(H,17,21). The van der Waals surface area contributed by atoms with Crippen molar-refractivity contribution in [2.45, 2.75) is 26.3 Å². The maximum absolute atomic E-state index is 12.2. The number of aryl methyl sites for hydroxylation is 1. The minimum atomic E-state index is -0.241. The molecule has 0 saturated carbocycles. The molecule has 0 aliphatic heterocycles. The van der Waals surface area contributed by atoms with Gasteiger partial charge in [-0.3, -0.25) is 0 Å². The molecule has 1 aromatic carbocycles. The predicted molar refractivity (Wildman–Crippen MR) is 88.4 cm³/mol. The Morgan fingerprint density at radius 2 is 2.30 bits per heavy atom. The van der Waals surface area contributed by atoms with Gasteiger partial charge < -0.3 is 14.7 Å². The van der Waals surface area contributed by atoms with Gasteiger partial charge in [0.25, 0.3) is 0 Å². The Bertz CT molecular complexity index is 813. The summed E-state index contributed by atoms with van der Waals surface area (Å²) in [5.41, 5.74) is 3.36. The molecule has 8 heteroatoms. The topological polar surface area (TPSA) is 84.2 Å². The molecular weight excluding hydrogens is 314 g/mol. The van der Waals surface area contributed by atoms with Gasteiger partial charge in [-0.2, -0.15) is 4.98 Å². The zero-order valence-electron chi connectivity index (χ0n) is 12.9. The Morgan fingerprint density at radius 1 is 1.43 bits per heavy atom. The first kappa shape index (κ1) is 15.4. The van der Waals surface area contributed by atoms with E-state index >= 15 is 0 Å². The van der Waals surface area contributed by atoms with Crippen LogP contribution in [0.15, 0.2) is 28.2 Å². The van der Waals surface area contributed by atoms with Crippen LogP contribution in [0.1, 0.15) is 25.1 Å². The summed E-state index contributed by atoms with van der Waals surface area (Å²) in [5.74, 6) is 1.10. The Kier molecular flexibility index (Phi) is 4.52. The van der Waals surface area contributed by atoms with Crippen LogP contribution in [0.3, 0.4) is 0 Å². The van der Waals surface area contributed by atoms with Crippen molar-refractivity contribution in [1.29, 1.82) is 0 Å². The Balaban J connectivity index is 1.62. The first-order chi connectivity index (χ1) is 11.2. The first-order valence-electron chi connectivity index (χ1n) is 7.32. The molecule has 0 radical (unpaired) electrons. The van der Waals surface area contributed by atoms with Gasteiger partial charge in [-0.1, -0.05) is 12.1 Å². The van der Waals surface area contributed by atoms with Gasteiger partial charge in [-0.05, 0) is 24.6 Å². The molecule has 2 aromatic heterocycles. The summed E-state index contributed by atoms with van der Waals surface area (Å²) in [5, 5.41) is 6.72. The van der Waals surface area contributed by atoms with Crippen molar-refractivity contribution in [3.8, 4) is 0 Å². The van der Waals surface area contributed by atoms with Crippen LogP contribution in [0.2, 0.25) is 0 Å². The monoisotopic (exact) mass is 331 g/mol. The highest BCUT2D eigenvalue weighted by Crippen LogP contribution is 2.21. The van der Waals surface area contributed by atoms with E-state index in [0.29, 0.717) is 17.4 Å². The summed E-state index contributed by atoms with van der Waals surface area (Å²) in [6, 6.07) is 5.41. The number of anilines is 1. The molecule has 23 heavy (non-hydrogen) atoms. The number of amides is 2. The van der Waals surface area contributed by atoms with E-state index in [1.165, 1.54) is 4.90 Å². The lowest BCUT2D eigenvalue weighted by Crippen LogP contribution is -2.30. The summed E-state index contributed by atoms with van der Waals surface area (Å²) in [4.78, 5) is 22.2. The van der Waals surface area contributed by atoms with Crippen LogP contribution < -0.4 is 5.32 Å². The molecule has 2 heterocycles. The maximum atomic E-state index is 12.2. The molecule has 3 aromatic rings. The normalized spacial score (nSPS) is 10.9. The second-order valence-corrected chi connectivity index (χ2v) is 6.06. The molecule has 3 rings (SSSR count). The van der Waals surface area contributed by atoms with Crippen molar-refractivity contribution in [2.75, 3.05) is 12.4 Å². The highest BCUT2D eigenvalue weighted by molar-refractivity contribution is 7.16. The third-order valence-corrected chi connectivity index (χ3v) is 4.09. The summed E-state index contributed by atoms with van der Waals surface area (Å²) < 4.78 is 6.23. The van der Waals surface area contributed by atoms with Crippen molar-refractivity contribution >= 4 is 33.3 Å². The van der Waals surface area contributed by atoms with Crippen LogP contribution in [0.25, 0.3) is 10.2 Å². The van der Waals surface area contributed by atoms with E-state index in [-0.39, 0.29) is 12.6 Å². The van der Waals surface area contributed by atoms with E-state index in [1.807, 2.05) is 18.2 Å². The number of aromatic nitrogens is 3. The molecule has 0 aliphatic carbocycles. The summed E-state index contributed by atoms with van der Waals surface area (Å²) >= 11 is 1.57. The number of hydrogen-bond donors (Lipinski definition) is 1. The van der Waals surface area contributed by atoms with E-state index in [2.05, 4.69) is 27.4 Å². The van der Waals surface area contributed by atoms with Crippen molar-refractivity contribution in [1.82, 2.24) is 20.0 Å². The number of nitrogens with one attached hydrogen (secondary N) is 1. The van der Waals surface area contributed by atoms with Crippen molar-refractivity contribution in [3.05, 3.63) is 35.4 Å². The molecule has 1 N–H and O–H groups in total. The van der Waals surface area contributed by atoms with E-state index < -0.39 is 0 Å².